The second-order valence-corrected chi connectivity index (χ2v) is 19.9. The van der Waals surface area contributed by atoms with Crippen molar-refractivity contribution in [1.29, 1.82) is 0 Å². The Morgan fingerprint density at radius 3 is 1.82 bits per heavy atom. The summed E-state index contributed by atoms with van der Waals surface area (Å²) in [5.74, 6) is 0. The van der Waals surface area contributed by atoms with Crippen molar-refractivity contribution < 1.29 is 17.4 Å². The minimum atomic E-state index is -2.62. The molecule has 0 aliphatic rings. The smallest absolute Gasteiger partial charge is 0.416 e. The van der Waals surface area contributed by atoms with Crippen molar-refractivity contribution in [1.82, 2.24) is 0 Å². The summed E-state index contributed by atoms with van der Waals surface area (Å²) in [6.45, 7) is 22.9. The monoisotopic (exact) mass is 364 g/mol. The first-order valence-corrected chi connectivity index (χ1v) is 16.9. The van der Waals surface area contributed by atoms with Crippen LogP contribution in [0.1, 0.15) is 20.3 Å². The lowest BCUT2D eigenvalue weighted by atomic mass is 10.4. The van der Waals surface area contributed by atoms with Crippen LogP contribution in [-0.2, 0) is 17.4 Å². The first-order valence-electron chi connectivity index (χ1n) is 8.15. The van der Waals surface area contributed by atoms with Crippen LogP contribution in [-0.4, -0.2) is 45.3 Å². The molecule has 0 aromatic rings. The van der Waals surface area contributed by atoms with Gasteiger partial charge < -0.3 is 17.4 Å². The van der Waals surface area contributed by atoms with Crippen LogP contribution in [0.15, 0.2) is 12.2 Å². The van der Waals surface area contributed by atoms with E-state index in [-0.39, 0.29) is 0 Å². The van der Waals surface area contributed by atoms with Crippen LogP contribution in [0.25, 0.3) is 0 Å². The largest absolute Gasteiger partial charge is 0.480 e. The molecule has 0 radical (unpaired) electrons. The third-order valence-corrected chi connectivity index (χ3v) is 11.5. The molecule has 0 saturated heterocycles. The highest BCUT2D eigenvalue weighted by molar-refractivity contribution is 6.85. The molecule has 7 heteroatoms. The fourth-order valence-electron chi connectivity index (χ4n) is 2.04. The molecule has 0 spiro atoms. The van der Waals surface area contributed by atoms with Crippen LogP contribution in [0.2, 0.25) is 45.3 Å². The molecule has 0 atom stereocenters. The molecular weight excluding hydrogens is 328 g/mol. The fourth-order valence-corrected chi connectivity index (χ4v) is 12.5. The maximum Gasteiger partial charge on any atom is 0.480 e. The third-order valence-electron chi connectivity index (χ3n) is 2.41. The summed E-state index contributed by atoms with van der Waals surface area (Å²) in [5.41, 5.74) is 1.05. The van der Waals surface area contributed by atoms with Gasteiger partial charge in [0.25, 0.3) is 0 Å². The second-order valence-electron chi connectivity index (χ2n) is 7.66. The fraction of sp³-hybridized carbons (Fsp3) is 0.867. The van der Waals surface area contributed by atoms with Gasteiger partial charge in [0.2, 0.25) is 0 Å². The molecular formula is C15H36O4Si3. The van der Waals surface area contributed by atoms with E-state index in [1.165, 1.54) is 0 Å². The van der Waals surface area contributed by atoms with Crippen LogP contribution in [0.4, 0.5) is 0 Å². The van der Waals surface area contributed by atoms with Gasteiger partial charge in [0.05, 0.1) is 6.61 Å². The zero-order chi connectivity index (χ0) is 17.4. The lowest BCUT2D eigenvalue weighted by Gasteiger charge is -2.39. The quantitative estimate of drug-likeness (QED) is 0.287. The summed E-state index contributed by atoms with van der Waals surface area (Å²) >= 11 is 0. The van der Waals surface area contributed by atoms with Gasteiger partial charge in [0.1, 0.15) is 0 Å². The molecule has 0 aliphatic heterocycles. The molecule has 0 aromatic carbocycles. The van der Waals surface area contributed by atoms with Gasteiger partial charge in [0, 0.05) is 19.3 Å². The van der Waals surface area contributed by atoms with E-state index in [4.69, 9.17) is 17.4 Å². The summed E-state index contributed by atoms with van der Waals surface area (Å²) < 4.78 is 24.6. The maximum atomic E-state index is 6.46. The van der Waals surface area contributed by atoms with Crippen molar-refractivity contribution >= 4 is 25.4 Å². The van der Waals surface area contributed by atoms with Crippen LogP contribution in [0.3, 0.4) is 0 Å². The molecule has 0 unspecified atom stereocenters. The van der Waals surface area contributed by atoms with Crippen molar-refractivity contribution in [3.63, 3.8) is 0 Å². The average Bonchev–Trinajstić information content (AvgIpc) is 2.23. The molecule has 0 amide bonds. The number of hydrogen-bond donors (Lipinski definition) is 0. The maximum absolute atomic E-state index is 6.46. The number of hydrogen-bond acceptors (Lipinski definition) is 4. The molecule has 0 fully saturated rings. The minimum Gasteiger partial charge on any atom is -0.416 e. The highest BCUT2D eigenvalue weighted by Crippen LogP contribution is 2.26. The van der Waals surface area contributed by atoms with Crippen LogP contribution >= 0.6 is 0 Å². The summed E-state index contributed by atoms with van der Waals surface area (Å²) in [7, 11) is -6.10. The SMILES string of the molecule is C=C(C)COCCC[Si](OCC)(O[Si](C)(C)C)O[Si](C)(C)C. The Bertz CT molecular complexity index is 319. The lowest BCUT2D eigenvalue weighted by Crippen LogP contribution is -2.56. The van der Waals surface area contributed by atoms with Crippen molar-refractivity contribution in [3.05, 3.63) is 12.2 Å². The number of rotatable bonds is 12. The summed E-state index contributed by atoms with van der Waals surface area (Å²) in [5, 5.41) is 0. The van der Waals surface area contributed by atoms with Gasteiger partial charge >= 0.3 is 8.80 Å². The molecule has 0 N–H and O–H groups in total. The Kier molecular flexibility index (Phi) is 9.61. The van der Waals surface area contributed by atoms with Crippen molar-refractivity contribution in [2.75, 3.05) is 19.8 Å². The van der Waals surface area contributed by atoms with E-state index < -0.39 is 25.4 Å². The molecule has 0 heterocycles. The van der Waals surface area contributed by atoms with Gasteiger partial charge in [-0.2, -0.15) is 0 Å². The van der Waals surface area contributed by atoms with E-state index in [2.05, 4.69) is 45.9 Å². The predicted octanol–water partition coefficient (Wildman–Crippen LogP) is 4.65. The Morgan fingerprint density at radius 2 is 1.45 bits per heavy atom. The Labute approximate surface area is 140 Å². The zero-order valence-corrected chi connectivity index (χ0v) is 18.9. The van der Waals surface area contributed by atoms with E-state index in [1.54, 1.807) is 0 Å². The van der Waals surface area contributed by atoms with Crippen molar-refractivity contribution in [3.8, 4) is 0 Å². The van der Waals surface area contributed by atoms with E-state index in [9.17, 15) is 0 Å². The Hall–Kier alpha value is 0.231. The highest BCUT2D eigenvalue weighted by Gasteiger charge is 2.46. The van der Waals surface area contributed by atoms with Crippen molar-refractivity contribution in [2.24, 2.45) is 0 Å². The van der Waals surface area contributed by atoms with E-state index >= 15 is 0 Å². The Balaban J connectivity index is 4.83. The molecule has 0 rings (SSSR count). The first-order chi connectivity index (χ1) is 9.89. The van der Waals surface area contributed by atoms with Gasteiger partial charge in [-0.3, -0.25) is 0 Å². The molecule has 0 aliphatic carbocycles. The first kappa shape index (κ1) is 22.2. The van der Waals surface area contributed by atoms with Crippen LogP contribution in [0, 0.1) is 0 Å². The summed E-state index contributed by atoms with van der Waals surface area (Å²) in [6.07, 6.45) is 0.897. The summed E-state index contributed by atoms with van der Waals surface area (Å²) in [4.78, 5) is 0. The Morgan fingerprint density at radius 1 is 0.955 bits per heavy atom. The highest BCUT2D eigenvalue weighted by atomic mass is 28.5. The lowest BCUT2D eigenvalue weighted by molar-refractivity contribution is 0.140. The van der Waals surface area contributed by atoms with Crippen LogP contribution in [0.5, 0.6) is 0 Å². The minimum absolute atomic E-state index is 0.618. The molecule has 22 heavy (non-hydrogen) atoms. The topological polar surface area (TPSA) is 36.9 Å². The predicted molar refractivity (Wildman–Crippen MR) is 101 cm³/mol. The second kappa shape index (κ2) is 9.51. The van der Waals surface area contributed by atoms with Gasteiger partial charge in [-0.1, -0.05) is 12.2 Å². The van der Waals surface area contributed by atoms with Crippen LogP contribution < -0.4 is 0 Å². The molecule has 0 bridgehead atoms. The third kappa shape index (κ3) is 11.8. The molecule has 4 nitrogen and oxygen atoms in total. The van der Waals surface area contributed by atoms with Crippen molar-refractivity contribution in [2.45, 2.75) is 65.6 Å². The average molecular weight is 365 g/mol. The molecule has 0 aromatic heterocycles. The summed E-state index contributed by atoms with van der Waals surface area (Å²) in [6, 6.07) is 0.825. The van der Waals surface area contributed by atoms with E-state index in [0.29, 0.717) is 19.8 Å². The van der Waals surface area contributed by atoms with Gasteiger partial charge in [0.15, 0.2) is 16.6 Å². The van der Waals surface area contributed by atoms with E-state index in [1.807, 2.05) is 13.8 Å². The van der Waals surface area contributed by atoms with E-state index in [0.717, 1.165) is 18.0 Å². The normalized spacial score (nSPS) is 13.5. The van der Waals surface area contributed by atoms with Gasteiger partial charge in [-0.25, -0.2) is 0 Å². The molecule has 0 saturated carbocycles. The zero-order valence-electron chi connectivity index (χ0n) is 15.9. The van der Waals surface area contributed by atoms with Gasteiger partial charge in [-0.05, 0) is 59.6 Å². The number of ether oxygens (including phenoxy) is 1. The van der Waals surface area contributed by atoms with Gasteiger partial charge in [-0.15, -0.1) is 0 Å². The molecule has 132 valence electrons. The standard InChI is InChI=1S/C15H36O4Si3/c1-10-17-22(18-20(4,5)6,19-21(7,8)9)13-11-12-16-14-15(2)3/h2,10-14H2,1,3-9H3.